The van der Waals surface area contributed by atoms with E-state index >= 15 is 0 Å². The molecule has 0 radical (unpaired) electrons. The van der Waals surface area contributed by atoms with Crippen LogP contribution < -0.4 is 4.74 Å². The molecule has 0 spiro atoms. The summed E-state index contributed by atoms with van der Waals surface area (Å²) in [5.74, 6) is -5.95. The first-order valence-electron chi connectivity index (χ1n) is 3.20. The lowest BCUT2D eigenvalue weighted by atomic mass is 10.3. The molecular weight excluding hydrogens is 231 g/mol. The predicted molar refractivity (Wildman–Crippen MR) is 37.7 cm³/mol. The SMILES string of the molecule is Fc1cc(OC(F)(F)Cl)cc(F)c1F. The lowest BCUT2D eigenvalue weighted by Gasteiger charge is -2.10. The molecule has 0 aliphatic carbocycles. The Bertz CT molecular complexity index is 325. The van der Waals surface area contributed by atoms with Gasteiger partial charge in [-0.15, -0.1) is 8.78 Å². The lowest BCUT2D eigenvalue weighted by molar-refractivity contribution is -0.0968. The van der Waals surface area contributed by atoms with Crippen molar-refractivity contribution in [3.63, 3.8) is 0 Å². The molecule has 1 rings (SSSR count). The van der Waals surface area contributed by atoms with Gasteiger partial charge in [-0.3, -0.25) is 0 Å². The van der Waals surface area contributed by atoms with Crippen molar-refractivity contribution in [3.8, 4) is 5.75 Å². The van der Waals surface area contributed by atoms with Gasteiger partial charge in [-0.25, -0.2) is 13.2 Å². The smallest absolute Gasteiger partial charge is 0.420 e. The number of hydrogen-bond acceptors (Lipinski definition) is 1. The molecule has 0 N–H and O–H groups in total. The maximum atomic E-state index is 12.4. The van der Waals surface area contributed by atoms with Crippen molar-refractivity contribution in [2.75, 3.05) is 0 Å². The Morgan fingerprint density at radius 3 is 1.86 bits per heavy atom. The molecule has 78 valence electrons. The molecule has 7 heteroatoms. The second-order valence-corrected chi connectivity index (χ2v) is 2.69. The van der Waals surface area contributed by atoms with Gasteiger partial charge >= 0.3 is 5.57 Å². The first kappa shape index (κ1) is 11.0. The zero-order valence-electron chi connectivity index (χ0n) is 6.33. The van der Waals surface area contributed by atoms with E-state index in [0.717, 1.165) is 0 Å². The first-order chi connectivity index (χ1) is 6.29. The Balaban J connectivity index is 3.02. The van der Waals surface area contributed by atoms with Crippen molar-refractivity contribution in [1.82, 2.24) is 0 Å². The molecule has 14 heavy (non-hydrogen) atoms. The highest BCUT2D eigenvalue weighted by molar-refractivity contribution is 6.20. The van der Waals surface area contributed by atoms with Crippen molar-refractivity contribution in [2.45, 2.75) is 5.57 Å². The maximum absolute atomic E-state index is 12.4. The largest absolute Gasteiger partial charge is 0.487 e. The summed E-state index contributed by atoms with van der Waals surface area (Å²) in [6.07, 6.45) is 0. The molecule has 0 saturated heterocycles. The third-order valence-corrected chi connectivity index (χ3v) is 1.27. The van der Waals surface area contributed by atoms with Gasteiger partial charge in [0.05, 0.1) is 0 Å². The van der Waals surface area contributed by atoms with Crippen LogP contribution in [0.1, 0.15) is 0 Å². The molecule has 0 saturated carbocycles. The van der Waals surface area contributed by atoms with E-state index in [1.165, 1.54) is 0 Å². The first-order valence-corrected chi connectivity index (χ1v) is 3.57. The molecule has 0 aliphatic heterocycles. The molecule has 1 aromatic carbocycles. The van der Waals surface area contributed by atoms with E-state index in [4.69, 9.17) is 0 Å². The fraction of sp³-hybridized carbons (Fsp3) is 0.143. The molecule has 1 nitrogen and oxygen atoms in total. The normalized spacial score (nSPS) is 11.6. The van der Waals surface area contributed by atoms with E-state index < -0.39 is 28.8 Å². The Labute approximate surface area is 80.0 Å². The van der Waals surface area contributed by atoms with E-state index in [9.17, 15) is 22.0 Å². The van der Waals surface area contributed by atoms with E-state index in [-0.39, 0.29) is 12.1 Å². The molecule has 0 heterocycles. The summed E-state index contributed by atoms with van der Waals surface area (Å²) >= 11 is 4.32. The second-order valence-electron chi connectivity index (χ2n) is 2.25. The third kappa shape index (κ3) is 2.73. The number of ether oxygens (including phenoxy) is 1. The van der Waals surface area contributed by atoms with Gasteiger partial charge in [0.25, 0.3) is 0 Å². The van der Waals surface area contributed by atoms with Crippen LogP contribution in [0.3, 0.4) is 0 Å². The number of hydrogen-bond donors (Lipinski definition) is 0. The highest BCUT2D eigenvalue weighted by atomic mass is 35.5. The highest BCUT2D eigenvalue weighted by Crippen LogP contribution is 2.27. The number of alkyl halides is 3. The summed E-state index contributed by atoms with van der Waals surface area (Å²) in [5, 5.41) is 0. The Kier molecular flexibility index (Phi) is 2.84. The minimum atomic E-state index is -4.10. The molecular formula is C7H2ClF5O. The fourth-order valence-electron chi connectivity index (χ4n) is 0.725. The average Bonchev–Trinajstić information content (AvgIpc) is 1.96. The topological polar surface area (TPSA) is 9.23 Å². The monoisotopic (exact) mass is 232 g/mol. The van der Waals surface area contributed by atoms with Crippen molar-refractivity contribution in [3.05, 3.63) is 29.6 Å². The Morgan fingerprint density at radius 2 is 1.50 bits per heavy atom. The van der Waals surface area contributed by atoms with Gasteiger partial charge in [0.1, 0.15) is 5.75 Å². The van der Waals surface area contributed by atoms with Gasteiger partial charge in [0.15, 0.2) is 17.5 Å². The Morgan fingerprint density at radius 1 is 1.07 bits per heavy atom. The van der Waals surface area contributed by atoms with Crippen LogP contribution in [-0.2, 0) is 0 Å². The van der Waals surface area contributed by atoms with E-state index in [2.05, 4.69) is 16.3 Å². The number of halogens is 6. The Hall–Kier alpha value is -1.04. The minimum Gasteiger partial charge on any atom is -0.420 e. The summed E-state index contributed by atoms with van der Waals surface area (Å²) in [4.78, 5) is 0. The average molecular weight is 233 g/mol. The van der Waals surface area contributed by atoms with Gasteiger partial charge in [0.2, 0.25) is 0 Å². The maximum Gasteiger partial charge on any atom is 0.487 e. The summed E-state index contributed by atoms with van der Waals surface area (Å²) in [6.45, 7) is 0. The van der Waals surface area contributed by atoms with Gasteiger partial charge in [0, 0.05) is 23.7 Å². The van der Waals surface area contributed by atoms with Crippen LogP contribution in [0.15, 0.2) is 12.1 Å². The van der Waals surface area contributed by atoms with Crippen LogP contribution in [0, 0.1) is 17.5 Å². The molecule has 0 amide bonds. The molecule has 1 aromatic rings. The quantitative estimate of drug-likeness (QED) is 0.432. The van der Waals surface area contributed by atoms with Gasteiger partial charge < -0.3 is 4.74 Å². The third-order valence-electron chi connectivity index (χ3n) is 1.19. The van der Waals surface area contributed by atoms with Crippen molar-refractivity contribution >= 4 is 11.6 Å². The summed E-state index contributed by atoms with van der Waals surface area (Å²) in [7, 11) is 0. The summed E-state index contributed by atoms with van der Waals surface area (Å²) in [6, 6.07) is 0.517. The molecule has 0 aromatic heterocycles. The van der Waals surface area contributed by atoms with Gasteiger partial charge in [-0.05, 0) is 0 Å². The fourth-order valence-corrected chi connectivity index (χ4v) is 0.814. The van der Waals surface area contributed by atoms with Crippen LogP contribution in [0.4, 0.5) is 22.0 Å². The van der Waals surface area contributed by atoms with Crippen LogP contribution in [0.5, 0.6) is 5.75 Å². The molecule has 0 atom stereocenters. The molecule has 0 aliphatic rings. The standard InChI is InChI=1S/C7H2ClF5O/c8-7(12,13)14-3-1-4(9)6(11)5(10)2-3/h1-2H. The lowest BCUT2D eigenvalue weighted by Crippen LogP contribution is -2.16. The van der Waals surface area contributed by atoms with Crippen LogP contribution in [0.25, 0.3) is 0 Å². The van der Waals surface area contributed by atoms with Crippen LogP contribution in [-0.4, -0.2) is 5.57 Å². The summed E-state index contributed by atoms with van der Waals surface area (Å²) in [5.41, 5.74) is -4.10. The van der Waals surface area contributed by atoms with E-state index in [0.29, 0.717) is 0 Å². The highest BCUT2D eigenvalue weighted by Gasteiger charge is 2.28. The van der Waals surface area contributed by atoms with Crippen LogP contribution >= 0.6 is 11.6 Å². The van der Waals surface area contributed by atoms with Gasteiger partial charge in [-0.1, -0.05) is 0 Å². The minimum absolute atomic E-state index is 0.259. The zero-order valence-corrected chi connectivity index (χ0v) is 7.09. The van der Waals surface area contributed by atoms with E-state index in [1.54, 1.807) is 0 Å². The molecule has 0 fully saturated rings. The van der Waals surface area contributed by atoms with Crippen molar-refractivity contribution in [1.29, 1.82) is 0 Å². The van der Waals surface area contributed by atoms with Crippen LogP contribution in [0.2, 0.25) is 0 Å². The zero-order chi connectivity index (χ0) is 10.9. The number of benzene rings is 1. The second kappa shape index (κ2) is 3.61. The summed E-state index contributed by atoms with van der Waals surface area (Å²) < 4.78 is 64.7. The molecule has 0 bridgehead atoms. The number of rotatable bonds is 2. The van der Waals surface area contributed by atoms with Crippen molar-refractivity contribution in [2.24, 2.45) is 0 Å². The van der Waals surface area contributed by atoms with E-state index in [1.807, 2.05) is 0 Å². The molecule has 0 unspecified atom stereocenters. The van der Waals surface area contributed by atoms with Crippen molar-refractivity contribution < 1.29 is 26.7 Å². The predicted octanol–water partition coefficient (Wildman–Crippen LogP) is 3.27. The van der Waals surface area contributed by atoms with Gasteiger partial charge in [-0.2, -0.15) is 0 Å².